The van der Waals surface area contributed by atoms with Gasteiger partial charge < -0.3 is 31.5 Å². The van der Waals surface area contributed by atoms with Crippen LogP contribution in [0.1, 0.15) is 47.6 Å². The Kier molecular flexibility index (Phi) is 7.20. The van der Waals surface area contributed by atoms with Gasteiger partial charge >= 0.3 is 0 Å². The lowest BCUT2D eigenvalue weighted by atomic mass is 9.84. The number of aryl methyl sites for hydroxylation is 1. The number of aromatic nitrogens is 4. The first-order valence-corrected chi connectivity index (χ1v) is 13.8. The van der Waals surface area contributed by atoms with E-state index in [1.165, 1.54) is 6.20 Å². The summed E-state index contributed by atoms with van der Waals surface area (Å²) < 4.78 is 1.55. The van der Waals surface area contributed by atoms with E-state index in [1.54, 1.807) is 29.9 Å². The minimum atomic E-state index is -0.718. The number of rotatable bonds is 9. The third-order valence-corrected chi connectivity index (χ3v) is 8.12. The highest BCUT2D eigenvalue weighted by atomic mass is 16.3. The molecule has 12 heteroatoms. The average Bonchev–Trinajstić information content (AvgIpc) is 3.48. The number of hydrogen-bond acceptors (Lipinski definition) is 9. The molecule has 2 bridgehead atoms. The molecule has 1 amide bonds. The third-order valence-electron chi connectivity index (χ3n) is 8.12. The Bertz CT molecular complexity index is 1610. The fourth-order valence-electron chi connectivity index (χ4n) is 6.11. The van der Waals surface area contributed by atoms with E-state index in [-0.39, 0.29) is 36.8 Å². The molecule has 0 saturated carbocycles. The van der Waals surface area contributed by atoms with Crippen LogP contribution >= 0.6 is 0 Å². The molecule has 0 radical (unpaired) electrons. The van der Waals surface area contributed by atoms with Crippen LogP contribution in [-0.2, 0) is 7.05 Å². The van der Waals surface area contributed by atoms with Crippen LogP contribution in [0.15, 0.2) is 59.5 Å². The Labute approximate surface area is 236 Å². The van der Waals surface area contributed by atoms with E-state index < -0.39 is 11.6 Å². The van der Waals surface area contributed by atoms with E-state index >= 15 is 0 Å². The zero-order valence-corrected chi connectivity index (χ0v) is 22.7. The first-order chi connectivity index (χ1) is 19.9. The van der Waals surface area contributed by atoms with Crippen molar-refractivity contribution in [3.63, 3.8) is 0 Å². The van der Waals surface area contributed by atoms with Gasteiger partial charge in [-0.25, -0.2) is 9.97 Å². The van der Waals surface area contributed by atoms with E-state index in [2.05, 4.69) is 36.3 Å². The quantitative estimate of drug-likeness (QED) is 0.162. The van der Waals surface area contributed by atoms with Crippen molar-refractivity contribution < 1.29 is 15.0 Å². The highest BCUT2D eigenvalue weighted by molar-refractivity contribution is 6.00. The molecule has 3 aromatic heterocycles. The van der Waals surface area contributed by atoms with Crippen LogP contribution in [0.25, 0.3) is 11.0 Å². The number of benzene rings is 1. The molecule has 5 heterocycles. The van der Waals surface area contributed by atoms with E-state index in [4.69, 9.17) is 0 Å². The van der Waals surface area contributed by atoms with Crippen LogP contribution in [-0.4, -0.2) is 66.7 Å². The molecule has 214 valence electrons. The summed E-state index contributed by atoms with van der Waals surface area (Å²) in [7, 11) is 1.71. The van der Waals surface area contributed by atoms with E-state index in [1.807, 2.05) is 30.3 Å². The monoisotopic (exact) mass is 558 g/mol. The second-order valence-corrected chi connectivity index (χ2v) is 11.0. The number of nitrogens with one attached hydrogen (secondary N) is 5. The molecule has 1 aromatic carbocycles. The summed E-state index contributed by atoms with van der Waals surface area (Å²) in [5.41, 5.74) is 1.16. The molecule has 2 aliphatic heterocycles. The molecule has 12 nitrogen and oxygen atoms in total. The number of piperidine rings is 1. The predicted octanol–water partition coefficient (Wildman–Crippen LogP) is 1.92. The molecule has 2 fully saturated rings. The maximum atomic E-state index is 13.7. The Morgan fingerprint density at radius 1 is 1.12 bits per heavy atom. The smallest absolute Gasteiger partial charge is 0.273 e. The number of anilines is 3. The molecule has 7 N–H and O–H groups in total. The molecule has 6 rings (SSSR count). The van der Waals surface area contributed by atoms with Crippen LogP contribution in [0.2, 0.25) is 0 Å². The largest absolute Gasteiger partial charge is 0.394 e. The Morgan fingerprint density at radius 3 is 2.59 bits per heavy atom. The third kappa shape index (κ3) is 5.41. The lowest BCUT2D eigenvalue weighted by molar-refractivity contribution is 0.0721. The Balaban J connectivity index is 1.32. The lowest BCUT2D eigenvalue weighted by Gasteiger charge is -2.40. The topological polar surface area (TPSA) is 169 Å². The fraction of sp³-hybridized carbons (Fsp3) is 0.379. The van der Waals surface area contributed by atoms with Crippen molar-refractivity contribution in [3.8, 4) is 0 Å². The molecular formula is C29H34N8O4. The second kappa shape index (κ2) is 11.0. The lowest BCUT2D eigenvalue weighted by Crippen LogP contribution is -2.60. The highest BCUT2D eigenvalue weighted by Crippen LogP contribution is 2.35. The number of nitrogens with zero attached hydrogens (tertiary/aromatic N) is 3. The summed E-state index contributed by atoms with van der Waals surface area (Å²) in [6.45, 7) is -0.353. The van der Waals surface area contributed by atoms with Crippen LogP contribution in [0.4, 0.5) is 17.3 Å². The van der Waals surface area contributed by atoms with Crippen molar-refractivity contribution in [2.75, 3.05) is 23.8 Å². The van der Waals surface area contributed by atoms with Gasteiger partial charge in [-0.1, -0.05) is 30.3 Å². The summed E-state index contributed by atoms with van der Waals surface area (Å²) in [6.07, 6.45) is 4.85. The maximum absolute atomic E-state index is 13.7. The number of carbonyl (C=O) groups excluding carboxylic acids is 1. The van der Waals surface area contributed by atoms with Gasteiger partial charge in [0.25, 0.3) is 11.5 Å². The van der Waals surface area contributed by atoms with Gasteiger partial charge in [-0.05, 0) is 43.4 Å². The minimum absolute atomic E-state index is 0.150. The van der Waals surface area contributed by atoms with E-state index in [0.29, 0.717) is 46.8 Å². The molecular weight excluding hydrogens is 524 g/mol. The van der Waals surface area contributed by atoms with E-state index in [9.17, 15) is 19.8 Å². The molecule has 2 saturated heterocycles. The zero-order valence-electron chi connectivity index (χ0n) is 22.7. The highest BCUT2D eigenvalue weighted by Gasteiger charge is 2.44. The SMILES string of the molecule is Cn1[nH]c(=O)c2ccc(Nc3cc(N[C@H](CO)c4ccccc4)c(C(=O)NC4(CO)CC5CCC(C4)N5)cn3)nc21. The number of aromatic amines is 1. The van der Waals surface area contributed by atoms with Gasteiger partial charge in [0.15, 0.2) is 5.65 Å². The molecule has 3 atom stereocenters. The van der Waals surface area contributed by atoms with Crippen LogP contribution in [0, 0.1) is 0 Å². The first kappa shape index (κ1) is 26.9. The van der Waals surface area contributed by atoms with E-state index in [0.717, 1.165) is 18.4 Å². The molecule has 41 heavy (non-hydrogen) atoms. The van der Waals surface area contributed by atoms with Gasteiger partial charge in [-0.15, -0.1) is 0 Å². The normalized spacial score (nSPS) is 22.4. The van der Waals surface area contributed by atoms with Crippen LogP contribution in [0.5, 0.6) is 0 Å². The summed E-state index contributed by atoms with van der Waals surface area (Å²) in [4.78, 5) is 34.8. The zero-order chi connectivity index (χ0) is 28.6. The van der Waals surface area contributed by atoms with Crippen molar-refractivity contribution in [2.24, 2.45) is 7.05 Å². The first-order valence-electron chi connectivity index (χ1n) is 13.8. The average molecular weight is 559 g/mol. The Morgan fingerprint density at radius 2 is 1.88 bits per heavy atom. The number of amides is 1. The summed E-state index contributed by atoms with van der Waals surface area (Å²) in [5.74, 6) is 0.528. The maximum Gasteiger partial charge on any atom is 0.273 e. The van der Waals surface area contributed by atoms with Crippen molar-refractivity contribution in [1.29, 1.82) is 0 Å². The molecule has 2 unspecified atom stereocenters. The van der Waals surface area contributed by atoms with Crippen LogP contribution < -0.4 is 26.8 Å². The fourth-order valence-corrected chi connectivity index (χ4v) is 6.11. The number of fused-ring (bicyclic) bond motifs is 3. The van der Waals surface area contributed by atoms with Crippen molar-refractivity contribution >= 4 is 34.3 Å². The summed E-state index contributed by atoms with van der Waals surface area (Å²) in [5, 5.41) is 36.9. The number of H-pyrrole nitrogens is 1. The molecule has 0 spiro atoms. The number of pyridine rings is 2. The molecule has 2 aliphatic rings. The van der Waals surface area contributed by atoms with Crippen molar-refractivity contribution in [2.45, 2.75) is 49.3 Å². The number of hydrogen-bond donors (Lipinski definition) is 7. The molecule has 4 aromatic rings. The number of carbonyl (C=O) groups is 1. The predicted molar refractivity (Wildman–Crippen MR) is 155 cm³/mol. The van der Waals surface area contributed by atoms with Gasteiger partial charge in [0.05, 0.1) is 41.4 Å². The number of aliphatic hydroxyl groups excluding tert-OH is 2. The van der Waals surface area contributed by atoms with Gasteiger partial charge in [0.2, 0.25) is 0 Å². The minimum Gasteiger partial charge on any atom is -0.394 e. The van der Waals surface area contributed by atoms with Crippen molar-refractivity contribution in [3.05, 3.63) is 76.2 Å². The summed E-state index contributed by atoms with van der Waals surface area (Å²) >= 11 is 0. The second-order valence-electron chi connectivity index (χ2n) is 11.0. The van der Waals surface area contributed by atoms with Crippen LogP contribution in [0.3, 0.4) is 0 Å². The van der Waals surface area contributed by atoms with Crippen molar-refractivity contribution in [1.82, 2.24) is 30.4 Å². The van der Waals surface area contributed by atoms with Gasteiger partial charge in [0, 0.05) is 31.4 Å². The standard InChI is InChI=1S/C29H34N8O4/c1-37-26-20(28(41)36-37)9-10-24(34-26)33-25-11-22(32-23(15-38)17-5-3-2-4-6-17)21(14-30-25)27(40)35-29(16-39)12-18-7-8-19(13-29)31-18/h2-6,9-11,14,18-19,23,31,38-39H,7-8,12-13,15-16H2,1H3,(H,35,40)(H,36,41)(H2,30,32,33,34)/t18?,19?,23-,29?/m1/s1. The number of aliphatic hydroxyl groups is 2. The van der Waals surface area contributed by atoms with Gasteiger partial charge in [-0.3, -0.25) is 19.4 Å². The van der Waals surface area contributed by atoms with Gasteiger partial charge in [0.1, 0.15) is 11.6 Å². The molecule has 0 aliphatic carbocycles. The summed E-state index contributed by atoms with van der Waals surface area (Å²) in [6, 6.07) is 14.6. The Hall–Kier alpha value is -4.26. The van der Waals surface area contributed by atoms with Gasteiger partial charge in [-0.2, -0.15) is 0 Å².